The van der Waals surface area contributed by atoms with Crippen molar-refractivity contribution in [2.75, 3.05) is 25.9 Å². The van der Waals surface area contributed by atoms with Crippen molar-refractivity contribution in [3.63, 3.8) is 0 Å². The van der Waals surface area contributed by atoms with Crippen LogP contribution in [0.4, 0.5) is 0 Å². The predicted molar refractivity (Wildman–Crippen MR) is 38.9 cm³/mol. The molecule has 0 rings (SSSR count). The van der Waals surface area contributed by atoms with Gasteiger partial charge in [0, 0.05) is 17.8 Å². The van der Waals surface area contributed by atoms with Crippen molar-refractivity contribution in [3.8, 4) is 0 Å². The van der Waals surface area contributed by atoms with Crippen LogP contribution in [-0.2, 0) is 0 Å². The Morgan fingerprint density at radius 3 is 1.62 bits per heavy atom. The molecule has 1 nitrogen and oxygen atoms in total. The van der Waals surface area contributed by atoms with Gasteiger partial charge in [0.05, 0.1) is 0 Å². The zero-order valence-corrected chi connectivity index (χ0v) is 6.71. The first kappa shape index (κ1) is 8.54. The molecule has 0 saturated heterocycles. The van der Waals surface area contributed by atoms with E-state index in [2.05, 4.69) is 0 Å². The molecule has 0 saturated carbocycles. The summed E-state index contributed by atoms with van der Waals surface area (Å²) in [6.07, 6.45) is 0. The number of hydrogen-bond donors (Lipinski definition) is 0. The summed E-state index contributed by atoms with van der Waals surface area (Å²) in [7, 11) is 3.94. The standard InChI is InChI=1S/C5H11Cl2N/c1-8(2)5(3-6)4-7/h5H,3-4H2,1-2H3. The third-order valence-electron chi connectivity index (χ3n) is 1.09. The second-order valence-electron chi connectivity index (χ2n) is 1.93. The topological polar surface area (TPSA) is 3.24 Å². The van der Waals surface area contributed by atoms with Crippen LogP contribution in [0.25, 0.3) is 0 Å². The molecule has 0 atom stereocenters. The molecule has 0 aromatic carbocycles. The molecule has 0 bridgehead atoms. The molecule has 50 valence electrons. The summed E-state index contributed by atoms with van der Waals surface area (Å²) in [6, 6.07) is 0.318. The van der Waals surface area contributed by atoms with Crippen molar-refractivity contribution < 1.29 is 0 Å². The van der Waals surface area contributed by atoms with Crippen molar-refractivity contribution in [2.24, 2.45) is 0 Å². The number of hydrogen-bond acceptors (Lipinski definition) is 1. The van der Waals surface area contributed by atoms with Gasteiger partial charge in [-0.25, -0.2) is 0 Å². The van der Waals surface area contributed by atoms with Crippen LogP contribution < -0.4 is 0 Å². The van der Waals surface area contributed by atoms with E-state index in [9.17, 15) is 0 Å². The fourth-order valence-corrected chi connectivity index (χ4v) is 1.20. The Hall–Kier alpha value is 0.540. The lowest BCUT2D eigenvalue weighted by Gasteiger charge is -2.18. The van der Waals surface area contributed by atoms with E-state index in [4.69, 9.17) is 23.2 Å². The lowest BCUT2D eigenvalue weighted by molar-refractivity contribution is 0.342. The summed E-state index contributed by atoms with van der Waals surface area (Å²) in [5.74, 6) is 1.22. The minimum absolute atomic E-state index is 0.318. The smallest absolute Gasteiger partial charge is 0.0391 e. The molecule has 0 aliphatic rings. The number of halogens is 2. The molecule has 3 heteroatoms. The van der Waals surface area contributed by atoms with Gasteiger partial charge in [-0.05, 0) is 14.1 Å². The Morgan fingerprint density at radius 2 is 1.62 bits per heavy atom. The second kappa shape index (κ2) is 4.42. The molecular formula is C5H11Cl2N. The lowest BCUT2D eigenvalue weighted by Crippen LogP contribution is -2.30. The molecule has 0 unspecified atom stereocenters. The van der Waals surface area contributed by atoms with Crippen molar-refractivity contribution in [1.29, 1.82) is 0 Å². The van der Waals surface area contributed by atoms with Gasteiger partial charge in [-0.1, -0.05) is 0 Å². The maximum atomic E-state index is 5.54. The molecular weight excluding hydrogens is 145 g/mol. The van der Waals surface area contributed by atoms with Gasteiger partial charge in [0.1, 0.15) is 0 Å². The van der Waals surface area contributed by atoms with Crippen molar-refractivity contribution >= 4 is 23.2 Å². The van der Waals surface area contributed by atoms with E-state index in [0.29, 0.717) is 17.8 Å². The molecule has 0 aromatic rings. The SMILES string of the molecule is CN(C)C(CCl)CCl. The van der Waals surface area contributed by atoms with E-state index in [1.807, 2.05) is 19.0 Å². The fourth-order valence-electron chi connectivity index (χ4n) is 0.317. The molecule has 0 aliphatic heterocycles. The quantitative estimate of drug-likeness (QED) is 0.558. The Kier molecular flexibility index (Phi) is 4.72. The Bertz CT molecular complexity index is 52.4. The van der Waals surface area contributed by atoms with Crippen molar-refractivity contribution in [1.82, 2.24) is 4.90 Å². The van der Waals surface area contributed by atoms with Crippen LogP contribution in [0.5, 0.6) is 0 Å². The minimum Gasteiger partial charge on any atom is -0.304 e. The summed E-state index contributed by atoms with van der Waals surface area (Å²) >= 11 is 11.1. The van der Waals surface area contributed by atoms with Crippen molar-refractivity contribution in [2.45, 2.75) is 6.04 Å². The zero-order valence-electron chi connectivity index (χ0n) is 5.19. The van der Waals surface area contributed by atoms with E-state index in [1.54, 1.807) is 0 Å². The van der Waals surface area contributed by atoms with E-state index >= 15 is 0 Å². The van der Waals surface area contributed by atoms with Crippen LogP contribution in [0.2, 0.25) is 0 Å². The first-order chi connectivity index (χ1) is 3.72. The van der Waals surface area contributed by atoms with Crippen LogP contribution in [0.3, 0.4) is 0 Å². The molecule has 0 spiro atoms. The average Bonchev–Trinajstić information content (AvgIpc) is 1.69. The van der Waals surface area contributed by atoms with Crippen LogP contribution in [0, 0.1) is 0 Å². The highest BCUT2D eigenvalue weighted by Gasteiger charge is 2.05. The number of alkyl halides is 2. The Morgan fingerprint density at radius 1 is 1.25 bits per heavy atom. The predicted octanol–water partition coefficient (Wildman–Crippen LogP) is 1.39. The van der Waals surface area contributed by atoms with Crippen LogP contribution in [0.1, 0.15) is 0 Å². The third-order valence-corrected chi connectivity index (χ3v) is 1.80. The van der Waals surface area contributed by atoms with Gasteiger partial charge in [0.25, 0.3) is 0 Å². The van der Waals surface area contributed by atoms with Crippen LogP contribution >= 0.6 is 23.2 Å². The largest absolute Gasteiger partial charge is 0.304 e. The van der Waals surface area contributed by atoms with E-state index < -0.39 is 0 Å². The van der Waals surface area contributed by atoms with E-state index in [-0.39, 0.29) is 0 Å². The first-order valence-electron chi connectivity index (χ1n) is 2.50. The minimum atomic E-state index is 0.318. The third kappa shape index (κ3) is 2.75. The van der Waals surface area contributed by atoms with Gasteiger partial charge in [0.2, 0.25) is 0 Å². The van der Waals surface area contributed by atoms with Gasteiger partial charge in [-0.2, -0.15) is 0 Å². The molecule has 8 heavy (non-hydrogen) atoms. The summed E-state index contributed by atoms with van der Waals surface area (Å²) in [5, 5.41) is 0. The first-order valence-corrected chi connectivity index (χ1v) is 3.57. The van der Waals surface area contributed by atoms with Gasteiger partial charge >= 0.3 is 0 Å². The maximum Gasteiger partial charge on any atom is 0.0391 e. The van der Waals surface area contributed by atoms with Gasteiger partial charge in [0.15, 0.2) is 0 Å². The van der Waals surface area contributed by atoms with Crippen LogP contribution in [0.15, 0.2) is 0 Å². The zero-order chi connectivity index (χ0) is 6.57. The van der Waals surface area contributed by atoms with E-state index in [1.165, 1.54) is 0 Å². The molecule has 0 aromatic heterocycles. The normalized spacial score (nSPS) is 11.2. The number of rotatable bonds is 3. The highest BCUT2D eigenvalue weighted by molar-refractivity contribution is 6.21. The van der Waals surface area contributed by atoms with Gasteiger partial charge in [-0.15, -0.1) is 23.2 Å². The summed E-state index contributed by atoms with van der Waals surface area (Å²) in [5.41, 5.74) is 0. The second-order valence-corrected chi connectivity index (χ2v) is 2.54. The summed E-state index contributed by atoms with van der Waals surface area (Å²) in [6.45, 7) is 0. The molecule has 0 radical (unpaired) electrons. The molecule has 0 N–H and O–H groups in total. The Balaban J connectivity index is 3.35. The molecule has 0 fully saturated rings. The highest BCUT2D eigenvalue weighted by Crippen LogP contribution is 1.97. The van der Waals surface area contributed by atoms with Crippen molar-refractivity contribution in [3.05, 3.63) is 0 Å². The molecule has 0 aliphatic carbocycles. The van der Waals surface area contributed by atoms with E-state index in [0.717, 1.165) is 0 Å². The Labute approximate surface area is 60.6 Å². The molecule has 0 heterocycles. The lowest BCUT2D eigenvalue weighted by atomic mass is 10.4. The maximum absolute atomic E-state index is 5.54. The van der Waals surface area contributed by atoms with Gasteiger partial charge < -0.3 is 4.90 Å². The number of nitrogens with zero attached hydrogens (tertiary/aromatic N) is 1. The summed E-state index contributed by atoms with van der Waals surface area (Å²) in [4.78, 5) is 2.01. The molecule has 0 amide bonds. The fraction of sp³-hybridized carbons (Fsp3) is 1.00. The monoisotopic (exact) mass is 155 g/mol. The summed E-state index contributed by atoms with van der Waals surface area (Å²) < 4.78 is 0. The average molecular weight is 156 g/mol. The van der Waals surface area contributed by atoms with Crippen LogP contribution in [-0.4, -0.2) is 36.8 Å². The highest BCUT2D eigenvalue weighted by atomic mass is 35.5. The van der Waals surface area contributed by atoms with Gasteiger partial charge in [-0.3, -0.25) is 0 Å².